The van der Waals surface area contributed by atoms with Gasteiger partial charge in [0.2, 0.25) is 15.9 Å². The number of ether oxygens (including phenoxy) is 3. The summed E-state index contributed by atoms with van der Waals surface area (Å²) in [5, 5.41) is 2.90. The first-order valence-electron chi connectivity index (χ1n) is 10.9. The van der Waals surface area contributed by atoms with Crippen LogP contribution in [0.3, 0.4) is 0 Å². The number of amides is 1. The molecule has 176 valence electrons. The number of morpholine rings is 1. The number of nitrogens with one attached hydrogen (secondary N) is 1. The number of carbonyl (C=O) groups is 1. The first kappa shape index (κ1) is 22.4. The third-order valence-electron chi connectivity index (χ3n) is 5.96. The summed E-state index contributed by atoms with van der Waals surface area (Å²) in [6, 6.07) is 19.4. The molecule has 3 aromatic rings. The molecule has 0 bridgehead atoms. The third kappa shape index (κ3) is 4.02. The molecule has 1 fully saturated rings. The van der Waals surface area contributed by atoms with Crippen LogP contribution < -0.4 is 14.8 Å². The Morgan fingerprint density at radius 3 is 2.21 bits per heavy atom. The molecule has 1 amide bonds. The van der Waals surface area contributed by atoms with Crippen molar-refractivity contribution in [1.82, 2.24) is 4.31 Å². The lowest BCUT2D eigenvalue weighted by molar-refractivity contribution is -0.116. The van der Waals surface area contributed by atoms with Gasteiger partial charge in [0.25, 0.3) is 0 Å². The molecular formula is C25H24N2O6S. The van der Waals surface area contributed by atoms with Crippen LogP contribution in [-0.2, 0) is 19.6 Å². The van der Waals surface area contributed by atoms with E-state index in [1.54, 1.807) is 12.1 Å². The van der Waals surface area contributed by atoms with Crippen LogP contribution in [0.4, 0.5) is 5.69 Å². The number of carbonyl (C=O) groups excluding carboxylic acids is 1. The zero-order valence-electron chi connectivity index (χ0n) is 18.6. The van der Waals surface area contributed by atoms with E-state index in [9.17, 15) is 13.2 Å². The molecule has 0 aliphatic carbocycles. The quantitative estimate of drug-likeness (QED) is 0.600. The zero-order valence-corrected chi connectivity index (χ0v) is 19.4. The second kappa shape index (κ2) is 9.09. The van der Waals surface area contributed by atoms with Gasteiger partial charge < -0.3 is 19.5 Å². The smallest absolute Gasteiger partial charge is 0.246 e. The molecule has 0 saturated carbocycles. The van der Waals surface area contributed by atoms with Crippen LogP contribution in [0, 0.1) is 0 Å². The van der Waals surface area contributed by atoms with Crippen molar-refractivity contribution in [3.05, 3.63) is 77.9 Å². The zero-order chi connectivity index (χ0) is 23.7. The highest BCUT2D eigenvalue weighted by Gasteiger charge is 2.33. The third-order valence-corrected chi connectivity index (χ3v) is 7.88. The van der Waals surface area contributed by atoms with Crippen molar-refractivity contribution in [1.29, 1.82) is 0 Å². The fourth-order valence-corrected chi connectivity index (χ4v) is 5.88. The summed E-state index contributed by atoms with van der Waals surface area (Å²) in [4.78, 5) is 13.5. The van der Waals surface area contributed by atoms with Gasteiger partial charge in [0.05, 0.1) is 26.2 Å². The number of anilines is 1. The van der Waals surface area contributed by atoms with Crippen molar-refractivity contribution in [2.75, 3.05) is 38.7 Å². The number of fused-ring (bicyclic) bond motifs is 2. The summed E-state index contributed by atoms with van der Waals surface area (Å²) >= 11 is 0. The van der Waals surface area contributed by atoms with E-state index in [2.05, 4.69) is 5.32 Å². The van der Waals surface area contributed by atoms with Gasteiger partial charge in [0.15, 0.2) is 0 Å². The second-order valence-corrected chi connectivity index (χ2v) is 9.89. The average molecular weight is 481 g/mol. The maximum Gasteiger partial charge on any atom is 0.246 e. The minimum Gasteiger partial charge on any atom is -0.495 e. The minimum atomic E-state index is -3.83. The van der Waals surface area contributed by atoms with Gasteiger partial charge in [0, 0.05) is 29.9 Å². The summed E-state index contributed by atoms with van der Waals surface area (Å²) in [5.41, 5.74) is 1.85. The number of hydrogen-bond acceptors (Lipinski definition) is 6. The van der Waals surface area contributed by atoms with Crippen LogP contribution >= 0.6 is 0 Å². The Bertz CT molecular complexity index is 1290. The number of para-hydroxylation sites is 2. The Hall–Kier alpha value is -3.40. The molecule has 2 aliphatic heterocycles. The van der Waals surface area contributed by atoms with E-state index in [0.717, 1.165) is 11.1 Å². The molecule has 2 heterocycles. The lowest BCUT2D eigenvalue weighted by atomic mass is 9.87. The number of sulfonamides is 1. The van der Waals surface area contributed by atoms with Crippen LogP contribution in [0.5, 0.6) is 17.2 Å². The van der Waals surface area contributed by atoms with Gasteiger partial charge in [-0.2, -0.15) is 4.31 Å². The topological polar surface area (TPSA) is 94.2 Å². The van der Waals surface area contributed by atoms with Crippen LogP contribution in [0.2, 0.25) is 0 Å². The molecule has 3 aromatic carbocycles. The van der Waals surface area contributed by atoms with E-state index < -0.39 is 15.9 Å². The molecule has 1 N–H and O–H groups in total. The molecule has 8 nitrogen and oxygen atoms in total. The van der Waals surface area contributed by atoms with Gasteiger partial charge in [-0.1, -0.05) is 36.4 Å². The summed E-state index contributed by atoms with van der Waals surface area (Å²) in [7, 11) is -2.41. The molecule has 0 aromatic heterocycles. The maximum atomic E-state index is 13.5. The molecular weight excluding hydrogens is 456 g/mol. The number of rotatable bonds is 5. The Morgan fingerprint density at radius 1 is 0.971 bits per heavy atom. The van der Waals surface area contributed by atoms with E-state index in [4.69, 9.17) is 14.2 Å². The van der Waals surface area contributed by atoms with Crippen LogP contribution in [0.1, 0.15) is 17.0 Å². The lowest BCUT2D eigenvalue weighted by Gasteiger charge is -2.28. The van der Waals surface area contributed by atoms with Crippen molar-refractivity contribution in [2.45, 2.75) is 10.8 Å². The number of hydrogen-bond donors (Lipinski definition) is 1. The van der Waals surface area contributed by atoms with Crippen molar-refractivity contribution < 1.29 is 27.4 Å². The van der Waals surface area contributed by atoms with E-state index in [1.165, 1.54) is 17.5 Å². The fourth-order valence-electron chi connectivity index (χ4n) is 4.29. The highest BCUT2D eigenvalue weighted by molar-refractivity contribution is 7.89. The lowest BCUT2D eigenvalue weighted by Crippen LogP contribution is -2.40. The van der Waals surface area contributed by atoms with Gasteiger partial charge in [-0.25, -0.2) is 8.42 Å². The monoisotopic (exact) mass is 480 g/mol. The Labute approximate surface area is 198 Å². The predicted molar refractivity (Wildman–Crippen MR) is 126 cm³/mol. The van der Waals surface area contributed by atoms with E-state index in [0.29, 0.717) is 30.4 Å². The van der Waals surface area contributed by atoms with Crippen LogP contribution in [-0.4, -0.2) is 52.0 Å². The largest absolute Gasteiger partial charge is 0.495 e. The Kier molecular flexibility index (Phi) is 5.99. The second-order valence-electron chi connectivity index (χ2n) is 7.98. The van der Waals surface area contributed by atoms with Crippen molar-refractivity contribution in [3.8, 4) is 17.2 Å². The average Bonchev–Trinajstić information content (AvgIpc) is 2.87. The molecule has 2 aliphatic rings. The molecule has 0 spiro atoms. The SMILES string of the molecule is COc1ccc(NC(=O)C2c3ccccc3Oc3ccccc32)cc1S(=O)(=O)N1CCOCC1. The summed E-state index contributed by atoms with van der Waals surface area (Å²) in [6.07, 6.45) is 0. The van der Waals surface area contributed by atoms with Crippen LogP contribution in [0.15, 0.2) is 71.6 Å². The highest BCUT2D eigenvalue weighted by atomic mass is 32.2. The van der Waals surface area contributed by atoms with Gasteiger partial charge in [-0.05, 0) is 30.3 Å². The first-order valence-corrected chi connectivity index (χ1v) is 12.4. The molecule has 0 atom stereocenters. The molecule has 9 heteroatoms. The fraction of sp³-hybridized carbons (Fsp3) is 0.240. The minimum absolute atomic E-state index is 0.00229. The standard InChI is InChI=1S/C25H24N2O6S/c1-31-22-11-10-17(16-23(22)34(29,30)27-12-14-32-15-13-27)26-25(28)24-18-6-2-4-8-20(18)33-21-9-5-3-7-19(21)24/h2-11,16,24H,12-15H2,1H3,(H,26,28). The van der Waals surface area contributed by atoms with E-state index >= 15 is 0 Å². The molecule has 0 unspecified atom stereocenters. The molecule has 1 saturated heterocycles. The Morgan fingerprint density at radius 2 is 1.59 bits per heavy atom. The summed E-state index contributed by atoms with van der Waals surface area (Å²) < 4.78 is 44.5. The van der Waals surface area contributed by atoms with Crippen LogP contribution in [0.25, 0.3) is 0 Å². The van der Waals surface area contributed by atoms with Crippen molar-refractivity contribution in [3.63, 3.8) is 0 Å². The Balaban J connectivity index is 1.49. The van der Waals surface area contributed by atoms with Gasteiger partial charge >= 0.3 is 0 Å². The van der Waals surface area contributed by atoms with Gasteiger partial charge in [0.1, 0.15) is 22.1 Å². The van der Waals surface area contributed by atoms with Gasteiger partial charge in [-0.3, -0.25) is 4.79 Å². The van der Waals surface area contributed by atoms with Crippen molar-refractivity contribution in [2.24, 2.45) is 0 Å². The predicted octanol–water partition coefficient (Wildman–Crippen LogP) is 3.59. The van der Waals surface area contributed by atoms with Gasteiger partial charge in [-0.15, -0.1) is 0 Å². The van der Waals surface area contributed by atoms with E-state index in [1.807, 2.05) is 48.5 Å². The number of nitrogens with zero attached hydrogens (tertiary/aromatic N) is 1. The number of methoxy groups -OCH3 is 1. The molecule has 5 rings (SSSR count). The summed E-state index contributed by atoms with van der Waals surface area (Å²) in [6.45, 7) is 1.19. The number of benzene rings is 3. The summed E-state index contributed by atoms with van der Waals surface area (Å²) in [5.74, 6) is 0.551. The first-order chi connectivity index (χ1) is 16.5. The van der Waals surface area contributed by atoms with Crippen molar-refractivity contribution >= 4 is 21.6 Å². The highest BCUT2D eigenvalue weighted by Crippen LogP contribution is 2.44. The molecule has 34 heavy (non-hydrogen) atoms. The maximum absolute atomic E-state index is 13.5. The molecule has 0 radical (unpaired) electrons. The normalized spacial score (nSPS) is 16.1. The van der Waals surface area contributed by atoms with E-state index in [-0.39, 0.29) is 29.6 Å².